The number of thioether (sulfide) groups is 1. The highest BCUT2D eigenvalue weighted by Gasteiger charge is 2.09. The van der Waals surface area contributed by atoms with E-state index >= 15 is 0 Å². The van der Waals surface area contributed by atoms with Crippen LogP contribution < -0.4 is 4.06 Å². The lowest BCUT2D eigenvalue weighted by Crippen LogP contribution is -1.91. The van der Waals surface area contributed by atoms with Crippen molar-refractivity contribution in [2.45, 2.75) is 8.42 Å². The number of carbonyl (C=O) groups is 1. The number of hydrogen-bond donors (Lipinski definition) is 0. The molecule has 1 aromatic heterocycles. The monoisotopic (exact) mass is 285 g/mol. The summed E-state index contributed by atoms with van der Waals surface area (Å²) in [5.74, 6) is 0. The molecule has 16 heavy (non-hydrogen) atoms. The molecule has 2 nitrogen and oxygen atoms in total. The fourth-order valence-electron chi connectivity index (χ4n) is 1.04. The van der Waals surface area contributed by atoms with Crippen molar-refractivity contribution in [1.29, 1.82) is 0 Å². The lowest BCUT2D eigenvalue weighted by Gasteiger charge is -2.01. The van der Waals surface area contributed by atoms with Crippen LogP contribution in [-0.2, 0) is 12.6 Å². The van der Waals surface area contributed by atoms with Gasteiger partial charge in [0, 0.05) is 5.56 Å². The summed E-state index contributed by atoms with van der Waals surface area (Å²) in [4.78, 5) is 22.9. The summed E-state index contributed by atoms with van der Waals surface area (Å²) in [7, 11) is 0. The van der Waals surface area contributed by atoms with Crippen LogP contribution in [0.3, 0.4) is 0 Å². The molecule has 0 saturated carbocycles. The van der Waals surface area contributed by atoms with Crippen LogP contribution >= 0.6 is 34.4 Å². The van der Waals surface area contributed by atoms with Crippen LogP contribution in [0.4, 0.5) is 0 Å². The van der Waals surface area contributed by atoms with Crippen molar-refractivity contribution in [1.82, 2.24) is 0 Å². The van der Waals surface area contributed by atoms with E-state index in [4.69, 9.17) is 12.6 Å². The maximum atomic E-state index is 11.8. The first-order valence-electron chi connectivity index (χ1n) is 4.25. The number of rotatable bonds is 2. The number of hydrogen-bond acceptors (Lipinski definition) is 6. The van der Waals surface area contributed by atoms with Crippen LogP contribution in [0.25, 0.3) is 0 Å². The van der Waals surface area contributed by atoms with Crippen molar-refractivity contribution < 1.29 is 4.79 Å². The molecule has 0 aliphatic rings. The minimum atomic E-state index is -0.0826. The molecule has 6 heteroatoms. The summed E-state index contributed by atoms with van der Waals surface area (Å²) in [6, 6.07) is 8.95. The molecule has 1 heterocycles. The Kier molecular flexibility index (Phi) is 3.75. The summed E-state index contributed by atoms with van der Waals surface area (Å²) in [6.45, 7) is 0. The molecule has 0 N–H and O–H groups in total. The summed E-state index contributed by atoms with van der Waals surface area (Å²) < 4.78 is 1.07. The van der Waals surface area contributed by atoms with Crippen LogP contribution in [-0.4, -0.2) is 5.12 Å². The molecule has 0 aliphatic heterocycles. The van der Waals surface area contributed by atoms with Crippen molar-refractivity contribution >= 4 is 52.2 Å². The highest BCUT2D eigenvalue weighted by atomic mass is 32.2. The van der Waals surface area contributed by atoms with E-state index in [0.717, 1.165) is 34.4 Å². The predicted molar refractivity (Wildman–Crippen MR) is 70.7 cm³/mol. The first-order valence-corrected chi connectivity index (χ1v) is 7.11. The fourth-order valence-corrected chi connectivity index (χ4v) is 4.59. The first-order chi connectivity index (χ1) is 7.66. The third-order valence-electron chi connectivity index (χ3n) is 1.71. The lowest BCUT2D eigenvalue weighted by atomic mass is 10.2. The average Bonchev–Trinajstić information content (AvgIpc) is 2.59. The molecular weight excluding hydrogens is 280 g/mol. The van der Waals surface area contributed by atoms with Crippen molar-refractivity contribution in [3.8, 4) is 0 Å². The van der Waals surface area contributed by atoms with E-state index < -0.39 is 0 Å². The zero-order valence-electron chi connectivity index (χ0n) is 7.84. The number of carbonyl (C=O) groups excluding carboxylic acids is 1. The Hall–Kier alpha value is -0.690. The average molecular weight is 285 g/mol. The zero-order chi connectivity index (χ0) is 11.5. The number of benzene rings is 1. The molecule has 0 radical (unpaired) electrons. The Labute approximate surface area is 110 Å². The van der Waals surface area contributed by atoms with Gasteiger partial charge in [-0.1, -0.05) is 45.9 Å². The van der Waals surface area contributed by atoms with Gasteiger partial charge < -0.3 is 24.0 Å². The second-order valence-electron chi connectivity index (χ2n) is 2.78. The van der Waals surface area contributed by atoms with Crippen LogP contribution in [0, 0.1) is 0 Å². The van der Waals surface area contributed by atoms with Gasteiger partial charge in [-0.3, -0.25) is 9.59 Å². The highest BCUT2D eigenvalue weighted by molar-refractivity contribution is 8.15. The molecule has 0 aliphatic carbocycles. The molecular formula is C10H5O2S4-. The molecule has 0 amide bonds. The van der Waals surface area contributed by atoms with Gasteiger partial charge in [0.1, 0.15) is 0 Å². The van der Waals surface area contributed by atoms with Crippen LogP contribution in [0.5, 0.6) is 0 Å². The first kappa shape index (κ1) is 11.8. The minimum Gasteiger partial charge on any atom is -0.426 e. The molecule has 0 bridgehead atoms. The zero-order valence-corrected chi connectivity index (χ0v) is 11.1. The van der Waals surface area contributed by atoms with Gasteiger partial charge in [-0.15, -0.1) is 0 Å². The van der Waals surface area contributed by atoms with Gasteiger partial charge in [0.15, 0.2) is 4.06 Å². The van der Waals surface area contributed by atoms with Gasteiger partial charge in [-0.05, 0) is 11.8 Å². The Morgan fingerprint density at radius 1 is 1.19 bits per heavy atom. The maximum absolute atomic E-state index is 11.8. The molecule has 2 rings (SSSR count). The normalized spacial score (nSPS) is 10.2. The minimum absolute atomic E-state index is 0.0617. The van der Waals surface area contributed by atoms with E-state index in [1.165, 1.54) is 0 Å². The lowest BCUT2D eigenvalue weighted by molar-refractivity contribution is 0.108. The van der Waals surface area contributed by atoms with Gasteiger partial charge in [-0.25, -0.2) is 0 Å². The predicted octanol–water partition coefficient (Wildman–Crippen LogP) is 3.01. The van der Waals surface area contributed by atoms with Gasteiger partial charge in [0.05, 0.1) is 4.21 Å². The quantitative estimate of drug-likeness (QED) is 0.627. The van der Waals surface area contributed by atoms with Crippen molar-refractivity contribution in [3.63, 3.8) is 0 Å². The largest absolute Gasteiger partial charge is 0.426 e. The van der Waals surface area contributed by atoms with Gasteiger partial charge in [-0.2, -0.15) is 0 Å². The Morgan fingerprint density at radius 2 is 1.88 bits per heavy atom. The third-order valence-corrected chi connectivity index (χ3v) is 5.61. The van der Waals surface area contributed by atoms with Crippen molar-refractivity contribution in [3.05, 3.63) is 44.7 Å². The van der Waals surface area contributed by atoms with E-state index in [1.54, 1.807) is 24.3 Å². The summed E-state index contributed by atoms with van der Waals surface area (Å²) in [5.41, 5.74) is 0.618. The molecule has 0 spiro atoms. The van der Waals surface area contributed by atoms with E-state index in [-0.39, 0.29) is 9.17 Å². The molecule has 82 valence electrons. The molecule has 0 atom stereocenters. The molecule has 1 aromatic carbocycles. The summed E-state index contributed by atoms with van der Waals surface area (Å²) in [6.07, 6.45) is 0. The van der Waals surface area contributed by atoms with Crippen molar-refractivity contribution in [2.75, 3.05) is 0 Å². The van der Waals surface area contributed by atoms with Crippen LogP contribution in [0.2, 0.25) is 0 Å². The van der Waals surface area contributed by atoms with E-state index in [0.29, 0.717) is 14.0 Å². The second kappa shape index (κ2) is 5.09. The molecule has 2 aromatic rings. The maximum Gasteiger partial charge on any atom is 0.224 e. The van der Waals surface area contributed by atoms with Crippen LogP contribution in [0.1, 0.15) is 10.4 Å². The van der Waals surface area contributed by atoms with Crippen LogP contribution in [0.15, 0.2) is 43.5 Å². The highest BCUT2D eigenvalue weighted by Crippen LogP contribution is 2.30. The molecule has 0 unspecified atom stereocenters. The summed E-state index contributed by atoms with van der Waals surface area (Å²) >= 11 is 8.08. The molecule has 0 saturated heterocycles. The smallest absolute Gasteiger partial charge is 0.224 e. The van der Waals surface area contributed by atoms with E-state index in [1.807, 2.05) is 6.07 Å². The standard InChI is InChI=1S/C10H6O2S4/c11-7(6-4-2-1-3-5-6)14-9-8(13)15-10(12)16-9/h1-5,13H/p-1. The van der Waals surface area contributed by atoms with E-state index in [2.05, 4.69) is 0 Å². The topological polar surface area (TPSA) is 34.1 Å². The van der Waals surface area contributed by atoms with Gasteiger partial charge in [0.2, 0.25) is 5.12 Å². The second-order valence-corrected chi connectivity index (χ2v) is 6.92. The van der Waals surface area contributed by atoms with Gasteiger partial charge >= 0.3 is 0 Å². The van der Waals surface area contributed by atoms with E-state index in [9.17, 15) is 9.59 Å². The Bertz CT molecular complexity index is 556. The van der Waals surface area contributed by atoms with Gasteiger partial charge in [0.25, 0.3) is 0 Å². The molecule has 0 fully saturated rings. The Balaban J connectivity index is 2.20. The summed E-state index contributed by atoms with van der Waals surface area (Å²) in [5, 5.41) is -0.0826. The fraction of sp³-hybridized carbons (Fsp3) is 0. The Morgan fingerprint density at radius 3 is 2.44 bits per heavy atom. The third kappa shape index (κ3) is 2.70. The van der Waals surface area contributed by atoms with Crippen molar-refractivity contribution in [2.24, 2.45) is 0 Å². The SMILES string of the molecule is O=C(Sc1sc(=O)sc1[S-])c1ccccc1.